The summed E-state index contributed by atoms with van der Waals surface area (Å²) in [5.41, 5.74) is 1.43. The molecule has 1 aliphatic rings. The molecule has 2 atom stereocenters. The van der Waals surface area contributed by atoms with Crippen LogP contribution in [0.2, 0.25) is 0 Å². The van der Waals surface area contributed by atoms with Crippen molar-refractivity contribution in [3.05, 3.63) is 103 Å². The fourth-order valence-corrected chi connectivity index (χ4v) is 4.96. The number of rotatable bonds is 5. The Bertz CT molecular complexity index is 874. The molecule has 4 rings (SSSR count). The normalized spacial score (nSPS) is 20.6. The summed E-state index contributed by atoms with van der Waals surface area (Å²) < 4.78 is 0. The Balaban J connectivity index is 1.78. The van der Waals surface area contributed by atoms with Gasteiger partial charge in [0.2, 0.25) is 0 Å². The molecule has 2 aromatic heterocycles. The molecule has 0 amide bonds. The second kappa shape index (κ2) is 6.92. The summed E-state index contributed by atoms with van der Waals surface area (Å²) in [6.45, 7) is 0.666. The Hall–Kier alpha value is -2.28. The fraction of sp³-hybridized carbons (Fsp3) is 0.158. The topological polar surface area (TPSA) is 46.4 Å². The molecule has 0 N–H and O–H groups in total. The molecule has 6 heteroatoms. The fourth-order valence-electron chi connectivity index (χ4n) is 3.28. The Kier molecular flexibility index (Phi) is 4.48. The second-order valence-electron chi connectivity index (χ2n) is 5.88. The third-order valence-electron chi connectivity index (χ3n) is 4.36. The molecule has 0 spiro atoms. The molecule has 25 heavy (non-hydrogen) atoms. The zero-order valence-corrected chi connectivity index (χ0v) is 15.0. The quantitative estimate of drug-likeness (QED) is 0.455. The molecule has 0 saturated heterocycles. The monoisotopic (exact) mass is 368 g/mol. The van der Waals surface area contributed by atoms with Crippen LogP contribution in [0.3, 0.4) is 0 Å². The van der Waals surface area contributed by atoms with Gasteiger partial charge in [0.05, 0.1) is 11.0 Å². The highest BCUT2D eigenvalue weighted by Gasteiger charge is 2.43. The van der Waals surface area contributed by atoms with Gasteiger partial charge in [0.15, 0.2) is 0 Å². The predicted molar refractivity (Wildman–Crippen MR) is 101 cm³/mol. The van der Waals surface area contributed by atoms with E-state index in [1.54, 1.807) is 22.7 Å². The smallest absolute Gasteiger partial charge is 0.266 e. The van der Waals surface area contributed by atoms with Gasteiger partial charge >= 0.3 is 0 Å². The Morgan fingerprint density at radius 2 is 1.64 bits per heavy atom. The van der Waals surface area contributed by atoms with Crippen molar-refractivity contribution in [2.24, 2.45) is 0 Å². The number of nitrogens with zero attached hydrogens (tertiary/aromatic N) is 2. The van der Waals surface area contributed by atoms with E-state index in [4.69, 9.17) is 0 Å². The Morgan fingerprint density at radius 3 is 2.24 bits per heavy atom. The molecule has 1 aliphatic heterocycles. The molecule has 0 aliphatic carbocycles. The third kappa shape index (κ3) is 3.16. The molecular formula is C19H16N2O2S2. The summed E-state index contributed by atoms with van der Waals surface area (Å²) in [5, 5.41) is 15.7. The first-order chi connectivity index (χ1) is 12.2. The lowest BCUT2D eigenvalue weighted by molar-refractivity contribution is -0.431. The van der Waals surface area contributed by atoms with Crippen LogP contribution in [0.4, 0.5) is 0 Å². The molecule has 0 fully saturated rings. The van der Waals surface area contributed by atoms with Gasteiger partial charge in [-0.3, -0.25) is 15.0 Å². The van der Waals surface area contributed by atoms with E-state index >= 15 is 0 Å². The first-order valence-electron chi connectivity index (χ1n) is 7.96. The first kappa shape index (κ1) is 16.2. The van der Waals surface area contributed by atoms with Crippen molar-refractivity contribution in [1.29, 1.82) is 0 Å². The number of thiophene rings is 2. The van der Waals surface area contributed by atoms with Crippen molar-refractivity contribution in [3.63, 3.8) is 0 Å². The maximum atomic E-state index is 11.7. The van der Waals surface area contributed by atoms with Gasteiger partial charge < -0.3 is 0 Å². The van der Waals surface area contributed by atoms with Crippen molar-refractivity contribution >= 4 is 22.7 Å². The van der Waals surface area contributed by atoms with Crippen LogP contribution >= 0.6 is 22.7 Å². The molecule has 4 nitrogen and oxygen atoms in total. The Morgan fingerprint density at radius 1 is 0.960 bits per heavy atom. The summed E-state index contributed by atoms with van der Waals surface area (Å²) in [7, 11) is 0. The number of benzene rings is 1. The minimum Gasteiger partial charge on any atom is -0.270 e. The molecule has 0 unspecified atom stereocenters. The first-order valence-corrected chi connectivity index (χ1v) is 9.72. The van der Waals surface area contributed by atoms with Crippen molar-refractivity contribution < 1.29 is 4.92 Å². The lowest BCUT2D eigenvalue weighted by Crippen LogP contribution is -2.28. The Labute approximate surface area is 153 Å². The molecule has 0 saturated carbocycles. The predicted octanol–water partition coefficient (Wildman–Crippen LogP) is 5.27. The van der Waals surface area contributed by atoms with E-state index in [9.17, 15) is 10.1 Å². The van der Waals surface area contributed by atoms with E-state index in [1.165, 1.54) is 0 Å². The second-order valence-corrected chi connectivity index (χ2v) is 7.84. The van der Waals surface area contributed by atoms with Crippen LogP contribution in [-0.2, 0) is 6.54 Å². The number of hydrogen-bond donors (Lipinski definition) is 0. The van der Waals surface area contributed by atoms with Crippen LogP contribution in [0.15, 0.2) is 77.1 Å². The van der Waals surface area contributed by atoms with E-state index < -0.39 is 0 Å². The van der Waals surface area contributed by atoms with E-state index in [0.29, 0.717) is 6.54 Å². The zero-order chi connectivity index (χ0) is 17.2. The van der Waals surface area contributed by atoms with Gasteiger partial charge in [-0.2, -0.15) is 0 Å². The van der Waals surface area contributed by atoms with Gasteiger partial charge in [-0.25, -0.2) is 0 Å². The summed E-state index contributed by atoms with van der Waals surface area (Å²) in [6, 6.07) is 17.7. The maximum absolute atomic E-state index is 11.7. The molecular weight excluding hydrogens is 352 g/mol. The highest BCUT2D eigenvalue weighted by Crippen LogP contribution is 2.46. The average molecular weight is 368 g/mol. The van der Waals surface area contributed by atoms with Gasteiger partial charge in [0.1, 0.15) is 6.04 Å². The van der Waals surface area contributed by atoms with Crippen LogP contribution in [0.5, 0.6) is 0 Å². The van der Waals surface area contributed by atoms with Gasteiger partial charge in [-0.05, 0) is 28.5 Å². The van der Waals surface area contributed by atoms with Crippen LogP contribution in [0.1, 0.15) is 27.4 Å². The highest BCUT2D eigenvalue weighted by atomic mass is 32.1. The summed E-state index contributed by atoms with van der Waals surface area (Å²) in [4.78, 5) is 15.9. The van der Waals surface area contributed by atoms with Gasteiger partial charge in [0.25, 0.3) is 5.70 Å². The molecule has 0 bridgehead atoms. The SMILES string of the molecule is O=[N+]([O-])C1=C[C@@H](c2cccs2)N(Cc2ccccc2)[C@@H]1c1cccs1. The van der Waals surface area contributed by atoms with Crippen LogP contribution in [-0.4, -0.2) is 9.82 Å². The van der Waals surface area contributed by atoms with Crippen LogP contribution < -0.4 is 0 Å². The maximum Gasteiger partial charge on any atom is 0.266 e. The standard InChI is InChI=1S/C19H16N2O2S2/c22-21(23)16-12-15(17-8-4-10-24-17)20(13-14-6-2-1-3-7-14)19(16)18-9-5-11-25-18/h1-12,15,19H,13H2/t15-,19-/m0/s1. The van der Waals surface area contributed by atoms with E-state index in [1.807, 2.05) is 53.2 Å². The van der Waals surface area contributed by atoms with Crippen molar-refractivity contribution in [2.45, 2.75) is 18.6 Å². The molecule has 0 radical (unpaired) electrons. The van der Waals surface area contributed by atoms with Gasteiger partial charge in [-0.15, -0.1) is 22.7 Å². The van der Waals surface area contributed by atoms with Gasteiger partial charge in [-0.1, -0.05) is 42.5 Å². The van der Waals surface area contributed by atoms with Crippen LogP contribution in [0.25, 0.3) is 0 Å². The molecule has 3 aromatic rings. The van der Waals surface area contributed by atoms with Gasteiger partial charge in [0, 0.05) is 22.4 Å². The average Bonchev–Trinajstić information content (AvgIpc) is 3.36. The summed E-state index contributed by atoms with van der Waals surface area (Å²) in [5.74, 6) is 0. The van der Waals surface area contributed by atoms with Crippen molar-refractivity contribution in [3.8, 4) is 0 Å². The summed E-state index contributed by atoms with van der Waals surface area (Å²) >= 11 is 3.21. The van der Waals surface area contributed by atoms with Crippen molar-refractivity contribution in [1.82, 2.24) is 4.90 Å². The molecule has 1 aromatic carbocycles. The largest absolute Gasteiger partial charge is 0.270 e. The molecule has 126 valence electrons. The molecule has 3 heterocycles. The minimum atomic E-state index is -0.317. The lowest BCUT2D eigenvalue weighted by atomic mass is 10.1. The lowest BCUT2D eigenvalue weighted by Gasteiger charge is -2.28. The van der Waals surface area contributed by atoms with E-state index in [-0.39, 0.29) is 22.7 Å². The third-order valence-corrected chi connectivity index (χ3v) is 6.23. The van der Waals surface area contributed by atoms with E-state index in [2.05, 4.69) is 23.1 Å². The number of nitro groups is 1. The van der Waals surface area contributed by atoms with Crippen molar-refractivity contribution in [2.75, 3.05) is 0 Å². The van der Waals surface area contributed by atoms with Crippen LogP contribution in [0, 0.1) is 10.1 Å². The minimum absolute atomic E-state index is 0.0762. The highest BCUT2D eigenvalue weighted by molar-refractivity contribution is 7.10. The number of hydrogen-bond acceptors (Lipinski definition) is 5. The summed E-state index contributed by atoms with van der Waals surface area (Å²) in [6.07, 6.45) is 1.82. The van der Waals surface area contributed by atoms with E-state index in [0.717, 1.165) is 15.3 Å². The zero-order valence-electron chi connectivity index (χ0n) is 13.3.